The molecule has 0 aliphatic carbocycles. The summed E-state index contributed by atoms with van der Waals surface area (Å²) in [6.45, 7) is 9.73. The topological polar surface area (TPSA) is 38.3 Å². The van der Waals surface area contributed by atoms with Crippen molar-refractivity contribution in [3.05, 3.63) is 63.7 Å². The lowest BCUT2D eigenvalue weighted by Crippen LogP contribution is -2.38. The minimum Gasteiger partial charge on any atom is -0.481 e. The van der Waals surface area contributed by atoms with Crippen LogP contribution in [0.3, 0.4) is 0 Å². The van der Waals surface area contributed by atoms with Crippen LogP contribution in [0.1, 0.15) is 42.1 Å². The van der Waals surface area contributed by atoms with E-state index in [4.69, 9.17) is 16.3 Å². The molecule has 0 saturated carbocycles. The standard InChI is InChI=1S/C20H24ClNO2/c1-12-6-7-13(2)18(10-12)15(4)22-20(23)16(5)24-17-8-9-19(21)14(3)11-17/h6-11,15-16H,1-5H3,(H,22,23). The van der Waals surface area contributed by atoms with Crippen LogP contribution in [0.5, 0.6) is 5.75 Å². The molecule has 3 nitrogen and oxygen atoms in total. The van der Waals surface area contributed by atoms with Crippen molar-refractivity contribution in [3.8, 4) is 5.75 Å². The molecule has 1 N–H and O–H groups in total. The molecular formula is C20H24ClNO2. The van der Waals surface area contributed by atoms with E-state index < -0.39 is 6.10 Å². The van der Waals surface area contributed by atoms with Gasteiger partial charge in [0.1, 0.15) is 5.75 Å². The summed E-state index contributed by atoms with van der Waals surface area (Å²) in [6.07, 6.45) is -0.585. The van der Waals surface area contributed by atoms with Gasteiger partial charge in [-0.05, 0) is 69.5 Å². The number of carbonyl (C=O) groups is 1. The maximum absolute atomic E-state index is 12.4. The fourth-order valence-electron chi connectivity index (χ4n) is 2.58. The Hall–Kier alpha value is -2.00. The lowest BCUT2D eigenvalue weighted by molar-refractivity contribution is -0.127. The Kier molecular flexibility index (Phi) is 5.89. The molecule has 2 unspecified atom stereocenters. The molecule has 0 bridgehead atoms. The number of carbonyl (C=O) groups excluding carboxylic acids is 1. The van der Waals surface area contributed by atoms with Crippen molar-refractivity contribution in [1.82, 2.24) is 5.32 Å². The fraction of sp³-hybridized carbons (Fsp3) is 0.350. The molecule has 2 aromatic rings. The zero-order valence-electron chi connectivity index (χ0n) is 14.8. The first kappa shape index (κ1) is 18.3. The van der Waals surface area contributed by atoms with Crippen molar-refractivity contribution in [2.75, 3.05) is 0 Å². The second-order valence-electron chi connectivity index (χ2n) is 6.26. The lowest BCUT2D eigenvalue weighted by atomic mass is 10.00. The number of benzene rings is 2. The first-order valence-electron chi connectivity index (χ1n) is 8.08. The highest BCUT2D eigenvalue weighted by Crippen LogP contribution is 2.22. The van der Waals surface area contributed by atoms with Crippen molar-refractivity contribution >= 4 is 17.5 Å². The van der Waals surface area contributed by atoms with Crippen molar-refractivity contribution < 1.29 is 9.53 Å². The van der Waals surface area contributed by atoms with Crippen molar-refractivity contribution in [2.24, 2.45) is 0 Å². The van der Waals surface area contributed by atoms with E-state index in [-0.39, 0.29) is 11.9 Å². The summed E-state index contributed by atoms with van der Waals surface area (Å²) in [5.41, 5.74) is 4.39. The van der Waals surface area contributed by atoms with Gasteiger partial charge in [-0.15, -0.1) is 0 Å². The summed E-state index contributed by atoms with van der Waals surface area (Å²) in [6, 6.07) is 11.6. The van der Waals surface area contributed by atoms with Gasteiger partial charge in [0.25, 0.3) is 5.91 Å². The lowest BCUT2D eigenvalue weighted by Gasteiger charge is -2.21. The van der Waals surface area contributed by atoms with Gasteiger partial charge in [-0.1, -0.05) is 35.4 Å². The number of rotatable bonds is 5. The number of hydrogen-bond donors (Lipinski definition) is 1. The summed E-state index contributed by atoms with van der Waals surface area (Å²) in [4.78, 5) is 12.4. The second-order valence-corrected chi connectivity index (χ2v) is 6.67. The molecule has 1 amide bonds. The minimum atomic E-state index is -0.585. The van der Waals surface area contributed by atoms with Gasteiger partial charge in [-0.25, -0.2) is 0 Å². The number of ether oxygens (including phenoxy) is 1. The highest BCUT2D eigenvalue weighted by Gasteiger charge is 2.19. The second kappa shape index (κ2) is 7.71. The molecule has 0 radical (unpaired) electrons. The smallest absolute Gasteiger partial charge is 0.261 e. The van der Waals surface area contributed by atoms with Gasteiger partial charge in [0.2, 0.25) is 0 Å². The molecule has 0 saturated heterocycles. The molecule has 0 heterocycles. The van der Waals surface area contributed by atoms with E-state index in [0.29, 0.717) is 10.8 Å². The van der Waals surface area contributed by atoms with Gasteiger partial charge in [0, 0.05) is 5.02 Å². The van der Waals surface area contributed by atoms with E-state index in [2.05, 4.69) is 23.5 Å². The van der Waals surface area contributed by atoms with Crippen LogP contribution in [-0.4, -0.2) is 12.0 Å². The summed E-state index contributed by atoms with van der Waals surface area (Å²) >= 11 is 6.01. The fourth-order valence-corrected chi connectivity index (χ4v) is 2.70. The summed E-state index contributed by atoms with van der Waals surface area (Å²) in [5.74, 6) is 0.495. The summed E-state index contributed by atoms with van der Waals surface area (Å²) < 4.78 is 5.73. The Morgan fingerprint density at radius 1 is 1.04 bits per heavy atom. The van der Waals surface area contributed by atoms with Crippen LogP contribution in [-0.2, 0) is 4.79 Å². The van der Waals surface area contributed by atoms with Crippen LogP contribution >= 0.6 is 11.6 Å². The normalized spacial score (nSPS) is 13.2. The average molecular weight is 346 g/mol. The molecule has 2 rings (SSSR count). The number of nitrogens with one attached hydrogen (secondary N) is 1. The van der Waals surface area contributed by atoms with Gasteiger partial charge in [0.15, 0.2) is 6.10 Å². The zero-order chi connectivity index (χ0) is 17.9. The summed E-state index contributed by atoms with van der Waals surface area (Å²) in [7, 11) is 0. The highest BCUT2D eigenvalue weighted by atomic mass is 35.5. The molecule has 2 atom stereocenters. The average Bonchev–Trinajstić information content (AvgIpc) is 2.53. The quantitative estimate of drug-likeness (QED) is 0.836. The Bertz CT molecular complexity index is 742. The maximum Gasteiger partial charge on any atom is 0.261 e. The minimum absolute atomic E-state index is 0.0737. The van der Waals surface area contributed by atoms with E-state index in [1.165, 1.54) is 5.56 Å². The SMILES string of the molecule is Cc1ccc(C)c(C(C)NC(=O)C(C)Oc2ccc(Cl)c(C)c2)c1. The van der Waals surface area contributed by atoms with Crippen LogP contribution in [0.4, 0.5) is 0 Å². The van der Waals surface area contributed by atoms with Crippen molar-refractivity contribution in [1.29, 1.82) is 0 Å². The molecular weight excluding hydrogens is 322 g/mol. The first-order valence-corrected chi connectivity index (χ1v) is 8.46. The van der Waals surface area contributed by atoms with Gasteiger partial charge < -0.3 is 10.1 Å². The summed E-state index contributed by atoms with van der Waals surface area (Å²) in [5, 5.41) is 3.70. The first-order chi connectivity index (χ1) is 11.3. The third-order valence-corrected chi connectivity index (χ3v) is 4.50. The number of amides is 1. The molecule has 0 fully saturated rings. The Balaban J connectivity index is 2.02. The van der Waals surface area contributed by atoms with Gasteiger partial charge in [-0.3, -0.25) is 4.79 Å². The molecule has 24 heavy (non-hydrogen) atoms. The van der Waals surface area contributed by atoms with Crippen LogP contribution in [0.25, 0.3) is 0 Å². The number of hydrogen-bond acceptors (Lipinski definition) is 2. The Labute approximate surface area is 149 Å². The van der Waals surface area contributed by atoms with E-state index >= 15 is 0 Å². The molecule has 0 spiro atoms. The predicted octanol–water partition coefficient (Wildman–Crippen LogP) is 4.91. The highest BCUT2D eigenvalue weighted by molar-refractivity contribution is 6.31. The Morgan fingerprint density at radius 2 is 1.75 bits per heavy atom. The van der Waals surface area contributed by atoms with E-state index in [9.17, 15) is 4.79 Å². The number of halogens is 1. The van der Waals surface area contributed by atoms with Gasteiger partial charge in [-0.2, -0.15) is 0 Å². The van der Waals surface area contributed by atoms with Crippen LogP contribution in [0.15, 0.2) is 36.4 Å². The van der Waals surface area contributed by atoms with Gasteiger partial charge >= 0.3 is 0 Å². The van der Waals surface area contributed by atoms with E-state index in [1.54, 1.807) is 19.1 Å². The maximum atomic E-state index is 12.4. The van der Waals surface area contributed by atoms with Crippen molar-refractivity contribution in [3.63, 3.8) is 0 Å². The zero-order valence-corrected chi connectivity index (χ0v) is 15.6. The molecule has 0 aliphatic heterocycles. The molecule has 2 aromatic carbocycles. The molecule has 128 valence electrons. The van der Waals surface area contributed by atoms with Crippen LogP contribution in [0.2, 0.25) is 5.02 Å². The monoisotopic (exact) mass is 345 g/mol. The van der Waals surface area contributed by atoms with Crippen LogP contribution < -0.4 is 10.1 Å². The predicted molar refractivity (Wildman–Crippen MR) is 98.8 cm³/mol. The van der Waals surface area contributed by atoms with Crippen LogP contribution in [0, 0.1) is 20.8 Å². The largest absolute Gasteiger partial charge is 0.481 e. The molecule has 0 aliphatic rings. The van der Waals surface area contributed by atoms with E-state index in [0.717, 1.165) is 16.7 Å². The Morgan fingerprint density at radius 3 is 2.42 bits per heavy atom. The third kappa shape index (κ3) is 4.51. The number of aryl methyl sites for hydroxylation is 3. The molecule has 0 aromatic heterocycles. The van der Waals surface area contributed by atoms with E-state index in [1.807, 2.05) is 33.8 Å². The molecule has 4 heteroatoms. The van der Waals surface area contributed by atoms with Crippen molar-refractivity contribution in [2.45, 2.75) is 46.8 Å². The van der Waals surface area contributed by atoms with Gasteiger partial charge in [0.05, 0.1) is 6.04 Å². The third-order valence-electron chi connectivity index (χ3n) is 4.07.